The molecule has 1 saturated carbocycles. The number of hydrogen-bond donors (Lipinski definition) is 1. The van der Waals surface area contributed by atoms with E-state index >= 15 is 0 Å². The third-order valence-corrected chi connectivity index (χ3v) is 7.26. The second kappa shape index (κ2) is 14.0. The number of carbonyl (C=O) groups excluding carboxylic acids is 4. The molecule has 2 fully saturated rings. The van der Waals surface area contributed by atoms with Crippen LogP contribution in [0, 0.1) is 5.92 Å². The molecule has 1 aliphatic heterocycles. The average Bonchev–Trinajstić information content (AvgIpc) is 2.93. The van der Waals surface area contributed by atoms with Gasteiger partial charge in [-0.05, 0) is 43.7 Å². The second-order valence-corrected chi connectivity index (χ2v) is 10.9. The second-order valence-electron chi connectivity index (χ2n) is 10.9. The maximum atomic E-state index is 12.8. The van der Waals surface area contributed by atoms with Crippen LogP contribution in [0.2, 0.25) is 0 Å². The first-order chi connectivity index (χ1) is 20.8. The van der Waals surface area contributed by atoms with Crippen LogP contribution in [0.15, 0.2) is 27.4 Å². The molecule has 2 aromatic rings. The summed E-state index contributed by atoms with van der Waals surface area (Å²) in [6, 6.07) is 4.17. The number of hydrogen-bond acceptors (Lipinski definition) is 14. The molecule has 1 N–H and O–H groups in total. The van der Waals surface area contributed by atoms with Gasteiger partial charge in [0.05, 0.1) is 11.5 Å². The maximum absolute atomic E-state index is 12.8. The molecule has 1 aliphatic carbocycles. The summed E-state index contributed by atoms with van der Waals surface area (Å²) in [5, 5.41) is 11.1. The van der Waals surface area contributed by atoms with Gasteiger partial charge in [-0.3, -0.25) is 19.2 Å². The Morgan fingerprint density at radius 2 is 1.45 bits per heavy atom. The molecule has 1 aromatic heterocycles. The fourth-order valence-corrected chi connectivity index (χ4v) is 5.26. The zero-order valence-electron chi connectivity index (χ0n) is 25.1. The molecule has 1 saturated heterocycles. The number of rotatable bonds is 9. The van der Waals surface area contributed by atoms with Crippen molar-refractivity contribution < 1.29 is 61.9 Å². The summed E-state index contributed by atoms with van der Waals surface area (Å²) in [7, 11) is 0. The van der Waals surface area contributed by atoms with Crippen LogP contribution >= 0.6 is 0 Å². The number of ether oxygens (including phenoxy) is 7. The molecule has 0 amide bonds. The van der Waals surface area contributed by atoms with E-state index < -0.39 is 66.8 Å². The molecule has 0 bridgehead atoms. The summed E-state index contributed by atoms with van der Waals surface area (Å²) < 4.78 is 44.4. The highest BCUT2D eigenvalue weighted by molar-refractivity contribution is 5.86. The van der Waals surface area contributed by atoms with Gasteiger partial charge in [-0.2, -0.15) is 0 Å². The molecular weight excluding hydrogens is 584 g/mol. The molecule has 14 heteroatoms. The van der Waals surface area contributed by atoms with Crippen molar-refractivity contribution in [1.82, 2.24) is 0 Å². The Kier molecular flexibility index (Phi) is 10.3. The summed E-state index contributed by atoms with van der Waals surface area (Å²) in [5.41, 5.74) is -0.918. The maximum Gasteiger partial charge on any atom is 0.383 e. The van der Waals surface area contributed by atoms with Crippen molar-refractivity contribution in [2.45, 2.75) is 97.1 Å². The minimum atomic E-state index is -1.50. The Hall–Kier alpha value is -4.33. The van der Waals surface area contributed by atoms with Crippen molar-refractivity contribution in [2.24, 2.45) is 5.92 Å². The van der Waals surface area contributed by atoms with Gasteiger partial charge >= 0.3 is 29.5 Å². The van der Waals surface area contributed by atoms with E-state index in [0.717, 1.165) is 53.4 Å². The number of fused-ring (bicyclic) bond motifs is 1. The molecule has 1 aromatic carbocycles. The van der Waals surface area contributed by atoms with Gasteiger partial charge in [-0.25, -0.2) is 4.79 Å². The lowest BCUT2D eigenvalue weighted by Crippen LogP contribution is -2.63. The van der Waals surface area contributed by atoms with Crippen molar-refractivity contribution in [3.8, 4) is 17.2 Å². The van der Waals surface area contributed by atoms with E-state index in [0.29, 0.717) is 5.92 Å². The lowest BCUT2D eigenvalue weighted by atomic mass is 9.89. The molecule has 2 aliphatic rings. The predicted molar refractivity (Wildman–Crippen MR) is 149 cm³/mol. The van der Waals surface area contributed by atoms with E-state index in [2.05, 4.69) is 6.92 Å². The molecule has 240 valence electrons. The standard InChI is InChI=1S/C30H36O14/c1-14-6-8-19(9-7-14)41-26-24(35)21-11-10-20(12-22(21)43-29(26)36)42-30-28(40-18(5)34)27(39-17(4)33)25(38-16(3)32)23(44-30)13-37-15(2)31/h10-12,14,19,23,25,27-28,30,35H,6-9,13H2,1-5H3/t14-,19+,23-,25-,27+,28+,30+/m1/s1. The molecule has 4 rings (SSSR count). The lowest BCUT2D eigenvalue weighted by molar-refractivity contribution is -0.288. The molecule has 0 unspecified atom stereocenters. The van der Waals surface area contributed by atoms with E-state index in [1.807, 2.05) is 0 Å². The monoisotopic (exact) mass is 620 g/mol. The van der Waals surface area contributed by atoms with Crippen molar-refractivity contribution in [3.63, 3.8) is 0 Å². The third kappa shape index (κ3) is 7.98. The quantitative estimate of drug-likeness (QED) is 0.245. The summed E-state index contributed by atoms with van der Waals surface area (Å²) in [4.78, 5) is 60.4. The molecule has 2 heterocycles. The topological polar surface area (TPSA) is 183 Å². The first-order valence-corrected chi connectivity index (χ1v) is 14.3. The van der Waals surface area contributed by atoms with Gasteiger partial charge < -0.3 is 42.7 Å². The zero-order chi connectivity index (χ0) is 32.1. The minimum Gasteiger partial charge on any atom is -0.504 e. The number of esters is 4. The van der Waals surface area contributed by atoms with Crippen LogP contribution in [0.1, 0.15) is 60.3 Å². The first-order valence-electron chi connectivity index (χ1n) is 14.3. The third-order valence-electron chi connectivity index (χ3n) is 7.26. The van der Waals surface area contributed by atoms with Crippen LogP contribution in [0.5, 0.6) is 17.2 Å². The molecule has 0 spiro atoms. The van der Waals surface area contributed by atoms with Gasteiger partial charge in [-0.15, -0.1) is 0 Å². The Morgan fingerprint density at radius 3 is 2.07 bits per heavy atom. The average molecular weight is 621 g/mol. The Bertz CT molecular complexity index is 1440. The molecule has 0 radical (unpaired) electrons. The summed E-state index contributed by atoms with van der Waals surface area (Å²) >= 11 is 0. The van der Waals surface area contributed by atoms with Gasteiger partial charge in [0.25, 0.3) is 0 Å². The normalized spacial score (nSPS) is 26.7. The van der Waals surface area contributed by atoms with Crippen LogP contribution < -0.4 is 15.1 Å². The molecule has 14 nitrogen and oxygen atoms in total. The van der Waals surface area contributed by atoms with Crippen molar-refractivity contribution in [2.75, 3.05) is 6.61 Å². The Balaban J connectivity index is 1.66. The van der Waals surface area contributed by atoms with E-state index in [1.54, 1.807) is 0 Å². The largest absolute Gasteiger partial charge is 0.504 e. The fraction of sp³-hybridized carbons (Fsp3) is 0.567. The van der Waals surface area contributed by atoms with E-state index in [1.165, 1.54) is 18.2 Å². The number of benzene rings is 1. The van der Waals surface area contributed by atoms with E-state index in [-0.39, 0.29) is 34.3 Å². The highest BCUT2D eigenvalue weighted by Gasteiger charge is 2.53. The van der Waals surface area contributed by atoms with Crippen LogP contribution in [-0.4, -0.2) is 72.4 Å². The van der Waals surface area contributed by atoms with Gasteiger partial charge in [0, 0.05) is 33.8 Å². The number of aromatic hydroxyl groups is 1. The Morgan fingerprint density at radius 1 is 0.841 bits per heavy atom. The van der Waals surface area contributed by atoms with Crippen molar-refractivity contribution >= 4 is 34.8 Å². The molecule has 5 atom stereocenters. The predicted octanol–water partition coefficient (Wildman–Crippen LogP) is 2.92. The lowest BCUT2D eigenvalue weighted by Gasteiger charge is -2.43. The van der Waals surface area contributed by atoms with Crippen LogP contribution in [0.25, 0.3) is 11.0 Å². The molecular formula is C30H36O14. The van der Waals surface area contributed by atoms with Gasteiger partial charge in [0.2, 0.25) is 18.1 Å². The van der Waals surface area contributed by atoms with Crippen LogP contribution in [0.4, 0.5) is 0 Å². The Labute approximate surface area is 252 Å². The summed E-state index contributed by atoms with van der Waals surface area (Å²) in [5.74, 6) is -3.06. The highest BCUT2D eigenvalue weighted by atomic mass is 16.7. The van der Waals surface area contributed by atoms with Gasteiger partial charge in [0.15, 0.2) is 18.0 Å². The number of carbonyl (C=O) groups is 4. The fourth-order valence-electron chi connectivity index (χ4n) is 5.26. The van der Waals surface area contributed by atoms with Crippen molar-refractivity contribution in [1.29, 1.82) is 0 Å². The van der Waals surface area contributed by atoms with Crippen LogP contribution in [0.3, 0.4) is 0 Å². The van der Waals surface area contributed by atoms with E-state index in [9.17, 15) is 29.1 Å². The summed E-state index contributed by atoms with van der Waals surface area (Å²) in [6.45, 7) is 6.20. The highest BCUT2D eigenvalue weighted by Crippen LogP contribution is 2.37. The first kappa shape index (κ1) is 32.6. The zero-order valence-corrected chi connectivity index (χ0v) is 25.1. The van der Waals surface area contributed by atoms with E-state index in [4.69, 9.17) is 37.6 Å². The smallest absolute Gasteiger partial charge is 0.383 e. The SMILES string of the molecule is CC(=O)OC[C@H]1O[C@H](Oc2ccc3c(O)c(O[C@H]4CC[C@@H](C)CC4)c(=O)oc3c2)[C@@H](OC(C)=O)[C@@H](OC(C)=O)[C@@H]1OC(C)=O. The van der Waals surface area contributed by atoms with Crippen molar-refractivity contribution in [3.05, 3.63) is 28.6 Å². The van der Waals surface area contributed by atoms with Crippen LogP contribution in [-0.2, 0) is 42.9 Å². The minimum absolute atomic E-state index is 0.0379. The van der Waals surface area contributed by atoms with Gasteiger partial charge in [0.1, 0.15) is 24.0 Å². The van der Waals surface area contributed by atoms with Gasteiger partial charge in [-0.1, -0.05) is 6.92 Å². The summed E-state index contributed by atoms with van der Waals surface area (Å²) in [6.07, 6.45) is -3.77. The molecule has 44 heavy (non-hydrogen) atoms.